The summed E-state index contributed by atoms with van der Waals surface area (Å²) in [4.78, 5) is 17.9. The van der Waals surface area contributed by atoms with E-state index >= 15 is 0 Å². The SMILES string of the molecule is CCCN1C(=O)CCc2cc(CS(=O)(=O)c3cnc(C)s3)ccc21. The predicted molar refractivity (Wildman–Crippen MR) is 95.1 cm³/mol. The zero-order valence-electron chi connectivity index (χ0n) is 13.8. The molecular formula is C17H20N2O3S2. The zero-order valence-corrected chi connectivity index (χ0v) is 15.4. The van der Waals surface area contributed by atoms with E-state index in [2.05, 4.69) is 4.98 Å². The van der Waals surface area contributed by atoms with Crippen molar-refractivity contribution < 1.29 is 13.2 Å². The average molecular weight is 364 g/mol. The predicted octanol–water partition coefficient (Wildman–Crippen LogP) is 3.11. The molecule has 1 aliphatic heterocycles. The molecule has 0 radical (unpaired) electrons. The lowest BCUT2D eigenvalue weighted by atomic mass is 9.99. The highest BCUT2D eigenvalue weighted by atomic mass is 32.2. The number of sulfone groups is 1. The van der Waals surface area contributed by atoms with Crippen LogP contribution < -0.4 is 4.90 Å². The van der Waals surface area contributed by atoms with Crippen molar-refractivity contribution >= 4 is 32.8 Å². The number of rotatable bonds is 5. The fourth-order valence-corrected chi connectivity index (χ4v) is 5.47. The van der Waals surface area contributed by atoms with Crippen LogP contribution >= 0.6 is 11.3 Å². The van der Waals surface area contributed by atoms with Gasteiger partial charge in [-0.15, -0.1) is 11.3 Å². The minimum atomic E-state index is -3.38. The molecule has 128 valence electrons. The van der Waals surface area contributed by atoms with Gasteiger partial charge in [-0.25, -0.2) is 13.4 Å². The van der Waals surface area contributed by atoms with Crippen LogP contribution in [0.1, 0.15) is 35.9 Å². The van der Waals surface area contributed by atoms with Crippen molar-refractivity contribution in [2.75, 3.05) is 11.4 Å². The molecule has 0 bridgehead atoms. The number of aryl methyl sites for hydroxylation is 2. The van der Waals surface area contributed by atoms with Crippen LogP contribution in [0.25, 0.3) is 0 Å². The largest absolute Gasteiger partial charge is 0.312 e. The number of thiazole rings is 1. The molecule has 5 nitrogen and oxygen atoms in total. The lowest BCUT2D eigenvalue weighted by Crippen LogP contribution is -2.35. The molecule has 24 heavy (non-hydrogen) atoms. The van der Waals surface area contributed by atoms with Gasteiger partial charge in [0.2, 0.25) is 5.91 Å². The van der Waals surface area contributed by atoms with Crippen molar-refractivity contribution in [2.45, 2.75) is 43.1 Å². The summed E-state index contributed by atoms with van der Waals surface area (Å²) < 4.78 is 25.3. The van der Waals surface area contributed by atoms with Gasteiger partial charge >= 0.3 is 0 Å². The molecule has 1 amide bonds. The number of anilines is 1. The van der Waals surface area contributed by atoms with E-state index in [4.69, 9.17) is 0 Å². The maximum atomic E-state index is 12.5. The Morgan fingerprint density at radius 3 is 2.75 bits per heavy atom. The van der Waals surface area contributed by atoms with Crippen LogP contribution in [0.4, 0.5) is 5.69 Å². The van der Waals surface area contributed by atoms with E-state index in [1.54, 1.807) is 6.92 Å². The Morgan fingerprint density at radius 2 is 2.08 bits per heavy atom. The summed E-state index contributed by atoms with van der Waals surface area (Å²) >= 11 is 1.20. The first-order chi connectivity index (χ1) is 11.4. The van der Waals surface area contributed by atoms with Gasteiger partial charge in [0.05, 0.1) is 17.0 Å². The van der Waals surface area contributed by atoms with E-state index in [-0.39, 0.29) is 11.7 Å². The van der Waals surface area contributed by atoms with Crippen LogP contribution in [0, 0.1) is 6.92 Å². The van der Waals surface area contributed by atoms with Gasteiger partial charge in [-0.1, -0.05) is 19.1 Å². The molecule has 1 aliphatic rings. The third kappa shape index (κ3) is 3.37. The molecular weight excluding hydrogens is 344 g/mol. The number of carbonyl (C=O) groups is 1. The van der Waals surface area contributed by atoms with Crippen LogP contribution in [0.15, 0.2) is 28.6 Å². The highest BCUT2D eigenvalue weighted by molar-refractivity contribution is 7.92. The fraction of sp³-hybridized carbons (Fsp3) is 0.412. The van der Waals surface area contributed by atoms with Gasteiger partial charge in [-0.3, -0.25) is 4.79 Å². The molecule has 0 saturated carbocycles. The Kier molecular flexibility index (Phi) is 4.73. The zero-order chi connectivity index (χ0) is 17.3. The topological polar surface area (TPSA) is 67.3 Å². The monoisotopic (exact) mass is 364 g/mol. The van der Waals surface area contributed by atoms with E-state index < -0.39 is 9.84 Å². The van der Waals surface area contributed by atoms with Gasteiger partial charge in [-0.05, 0) is 37.0 Å². The summed E-state index contributed by atoms with van der Waals surface area (Å²) in [5.41, 5.74) is 2.73. The molecule has 0 N–H and O–H groups in total. The minimum absolute atomic E-state index is 0.0381. The van der Waals surface area contributed by atoms with Crippen LogP contribution in [0.5, 0.6) is 0 Å². The van der Waals surface area contributed by atoms with E-state index in [0.717, 1.165) is 28.2 Å². The summed E-state index contributed by atoms with van der Waals surface area (Å²) in [6, 6.07) is 5.62. The van der Waals surface area contributed by atoms with Crippen molar-refractivity contribution in [3.8, 4) is 0 Å². The molecule has 0 aliphatic carbocycles. The number of hydrogen-bond acceptors (Lipinski definition) is 5. The minimum Gasteiger partial charge on any atom is -0.312 e. The number of benzene rings is 1. The molecule has 1 aromatic heterocycles. The molecule has 0 fully saturated rings. The van der Waals surface area contributed by atoms with Crippen LogP contribution in [-0.2, 0) is 26.8 Å². The van der Waals surface area contributed by atoms with Gasteiger partial charge in [0.15, 0.2) is 9.84 Å². The second-order valence-corrected chi connectivity index (χ2v) is 9.42. The summed E-state index contributed by atoms with van der Waals surface area (Å²) in [5, 5.41) is 0.743. The van der Waals surface area contributed by atoms with E-state index in [1.807, 2.05) is 30.0 Å². The third-order valence-electron chi connectivity index (χ3n) is 4.05. The lowest BCUT2D eigenvalue weighted by Gasteiger charge is -2.29. The normalized spacial score (nSPS) is 14.8. The quantitative estimate of drug-likeness (QED) is 0.817. The number of fused-ring (bicyclic) bond motifs is 1. The van der Waals surface area contributed by atoms with E-state index in [1.165, 1.54) is 17.5 Å². The molecule has 0 saturated heterocycles. The first-order valence-corrected chi connectivity index (χ1v) is 10.4. The van der Waals surface area contributed by atoms with Crippen molar-refractivity contribution in [1.82, 2.24) is 4.98 Å². The molecule has 0 atom stereocenters. The van der Waals surface area contributed by atoms with Crippen molar-refractivity contribution in [3.05, 3.63) is 40.5 Å². The second-order valence-electron chi connectivity index (χ2n) is 5.97. The Hall–Kier alpha value is -1.73. The van der Waals surface area contributed by atoms with Crippen molar-refractivity contribution in [1.29, 1.82) is 0 Å². The Labute approximate surface area is 146 Å². The highest BCUT2D eigenvalue weighted by Gasteiger charge is 2.25. The number of hydrogen-bond donors (Lipinski definition) is 0. The van der Waals surface area contributed by atoms with Crippen LogP contribution in [0.2, 0.25) is 0 Å². The van der Waals surface area contributed by atoms with Gasteiger partial charge in [0.25, 0.3) is 0 Å². The molecule has 2 heterocycles. The smallest absolute Gasteiger partial charge is 0.227 e. The van der Waals surface area contributed by atoms with E-state index in [0.29, 0.717) is 23.6 Å². The highest BCUT2D eigenvalue weighted by Crippen LogP contribution is 2.30. The standard InChI is InChI=1S/C17H20N2O3S2/c1-3-8-19-15-6-4-13(9-14(15)5-7-16(19)20)11-24(21,22)17-10-18-12(2)23-17/h4,6,9-10H,3,5,7-8,11H2,1-2H3. The second kappa shape index (κ2) is 6.64. The van der Waals surface area contributed by atoms with Crippen LogP contribution in [-0.4, -0.2) is 25.9 Å². The first kappa shape index (κ1) is 17.1. The van der Waals surface area contributed by atoms with Gasteiger partial charge in [-0.2, -0.15) is 0 Å². The number of nitrogens with zero attached hydrogens (tertiary/aromatic N) is 2. The molecule has 0 spiro atoms. The molecule has 3 rings (SSSR count). The summed E-state index contributed by atoms with van der Waals surface area (Å²) in [6.07, 6.45) is 3.47. The Morgan fingerprint density at radius 1 is 1.29 bits per heavy atom. The Bertz CT molecular complexity index is 872. The maximum absolute atomic E-state index is 12.5. The van der Waals surface area contributed by atoms with Crippen molar-refractivity contribution in [3.63, 3.8) is 0 Å². The van der Waals surface area contributed by atoms with Crippen molar-refractivity contribution in [2.24, 2.45) is 0 Å². The summed E-state index contributed by atoms with van der Waals surface area (Å²) in [6.45, 7) is 4.53. The van der Waals surface area contributed by atoms with Crippen LogP contribution in [0.3, 0.4) is 0 Å². The number of carbonyl (C=O) groups excluding carboxylic acids is 1. The number of amides is 1. The lowest BCUT2D eigenvalue weighted by molar-refractivity contribution is -0.118. The molecule has 2 aromatic rings. The Balaban J connectivity index is 1.88. The molecule has 7 heteroatoms. The number of aromatic nitrogens is 1. The average Bonchev–Trinajstić information content (AvgIpc) is 2.97. The van der Waals surface area contributed by atoms with E-state index in [9.17, 15) is 13.2 Å². The summed E-state index contributed by atoms with van der Waals surface area (Å²) in [7, 11) is -3.38. The summed E-state index contributed by atoms with van der Waals surface area (Å²) in [5.74, 6) is 0.105. The van der Waals surface area contributed by atoms with Gasteiger partial charge in [0.1, 0.15) is 4.21 Å². The third-order valence-corrected chi connectivity index (χ3v) is 7.21. The maximum Gasteiger partial charge on any atom is 0.227 e. The molecule has 1 aromatic carbocycles. The first-order valence-electron chi connectivity index (χ1n) is 7.98. The fourth-order valence-electron chi connectivity index (χ4n) is 2.95. The van der Waals surface area contributed by atoms with Gasteiger partial charge < -0.3 is 4.90 Å². The molecule has 0 unspecified atom stereocenters. The van der Waals surface area contributed by atoms with Gasteiger partial charge in [0, 0.05) is 18.7 Å².